The third-order valence-corrected chi connectivity index (χ3v) is 3.63. The number of hydrogen-bond acceptors (Lipinski definition) is 2. The van der Waals surface area contributed by atoms with Crippen molar-refractivity contribution in [3.63, 3.8) is 0 Å². The molecule has 1 fully saturated rings. The molecule has 0 spiro atoms. The first-order valence-corrected chi connectivity index (χ1v) is 6.65. The predicted octanol–water partition coefficient (Wildman–Crippen LogP) is 1.42. The van der Waals surface area contributed by atoms with E-state index in [1.807, 2.05) is 44.2 Å². The zero-order valence-corrected chi connectivity index (χ0v) is 11.3. The van der Waals surface area contributed by atoms with Crippen LogP contribution in [0.5, 0.6) is 0 Å². The summed E-state index contributed by atoms with van der Waals surface area (Å²) in [5, 5.41) is 2.76. The molecule has 0 radical (unpaired) electrons. The quantitative estimate of drug-likeness (QED) is 0.840. The van der Waals surface area contributed by atoms with Crippen LogP contribution in [0.25, 0.3) is 0 Å². The number of nitrogens with two attached hydrogens (primary N) is 1. The monoisotopic (exact) mass is 260 g/mol. The number of rotatable bonds is 5. The van der Waals surface area contributed by atoms with E-state index in [1.54, 1.807) is 0 Å². The molecule has 1 aliphatic carbocycles. The Hall–Kier alpha value is -1.84. The minimum atomic E-state index is -0.579. The van der Waals surface area contributed by atoms with Crippen LogP contribution in [0, 0.1) is 11.8 Å². The van der Waals surface area contributed by atoms with Crippen molar-refractivity contribution in [2.75, 3.05) is 0 Å². The maximum atomic E-state index is 12.1. The number of benzene rings is 1. The highest BCUT2D eigenvalue weighted by Gasteiger charge is 2.44. The highest BCUT2D eigenvalue weighted by atomic mass is 16.2. The maximum Gasteiger partial charge on any atom is 0.240 e. The Bertz CT molecular complexity index is 470. The van der Waals surface area contributed by atoms with Crippen molar-refractivity contribution in [3.8, 4) is 0 Å². The summed E-state index contributed by atoms with van der Waals surface area (Å²) in [4.78, 5) is 23.4. The molecule has 0 heterocycles. The Morgan fingerprint density at radius 1 is 1.26 bits per heavy atom. The molecule has 1 unspecified atom stereocenters. The number of primary amides is 1. The summed E-state index contributed by atoms with van der Waals surface area (Å²) >= 11 is 0. The minimum absolute atomic E-state index is 0.00961. The second-order valence-electron chi connectivity index (χ2n) is 5.49. The third-order valence-electron chi connectivity index (χ3n) is 3.63. The molecule has 1 aliphatic rings. The van der Waals surface area contributed by atoms with Gasteiger partial charge in [0.25, 0.3) is 0 Å². The number of carbonyl (C=O) groups is 2. The normalized spacial score (nSPS) is 22.9. The smallest absolute Gasteiger partial charge is 0.240 e. The van der Waals surface area contributed by atoms with Gasteiger partial charge in [-0.3, -0.25) is 9.59 Å². The van der Waals surface area contributed by atoms with Gasteiger partial charge in [-0.1, -0.05) is 44.2 Å². The van der Waals surface area contributed by atoms with Gasteiger partial charge in [-0.2, -0.15) is 0 Å². The van der Waals surface area contributed by atoms with E-state index in [-0.39, 0.29) is 23.7 Å². The number of nitrogens with one attached hydrogen (secondary N) is 1. The summed E-state index contributed by atoms with van der Waals surface area (Å²) < 4.78 is 0. The molecule has 19 heavy (non-hydrogen) atoms. The van der Waals surface area contributed by atoms with Gasteiger partial charge in [-0.25, -0.2) is 0 Å². The SMILES string of the molecule is CC(C)[C@H](NC(=O)C1C[C@@H]1c1ccccc1)C(N)=O. The zero-order chi connectivity index (χ0) is 14.0. The van der Waals surface area contributed by atoms with Gasteiger partial charge in [-0.05, 0) is 23.8 Å². The van der Waals surface area contributed by atoms with Crippen LogP contribution in [0.4, 0.5) is 0 Å². The van der Waals surface area contributed by atoms with Crippen LogP contribution in [0.15, 0.2) is 30.3 Å². The highest BCUT2D eigenvalue weighted by molar-refractivity contribution is 5.89. The summed E-state index contributed by atoms with van der Waals surface area (Å²) in [6.45, 7) is 3.74. The maximum absolute atomic E-state index is 12.1. The fourth-order valence-electron chi connectivity index (χ4n) is 2.38. The van der Waals surface area contributed by atoms with Crippen LogP contribution in [0.1, 0.15) is 31.7 Å². The average Bonchev–Trinajstić information content (AvgIpc) is 3.16. The van der Waals surface area contributed by atoms with Crippen LogP contribution in [-0.4, -0.2) is 17.9 Å². The van der Waals surface area contributed by atoms with Gasteiger partial charge in [0.2, 0.25) is 11.8 Å². The van der Waals surface area contributed by atoms with Crippen molar-refractivity contribution in [3.05, 3.63) is 35.9 Å². The van der Waals surface area contributed by atoms with Gasteiger partial charge in [0, 0.05) is 5.92 Å². The van der Waals surface area contributed by atoms with E-state index < -0.39 is 11.9 Å². The Morgan fingerprint density at radius 3 is 2.42 bits per heavy atom. The molecule has 0 aromatic heterocycles. The molecule has 0 saturated heterocycles. The second-order valence-corrected chi connectivity index (χ2v) is 5.49. The molecule has 4 nitrogen and oxygen atoms in total. The van der Waals surface area contributed by atoms with E-state index in [4.69, 9.17) is 5.73 Å². The van der Waals surface area contributed by atoms with Crippen molar-refractivity contribution >= 4 is 11.8 Å². The first kappa shape index (κ1) is 13.6. The zero-order valence-electron chi connectivity index (χ0n) is 11.3. The first-order chi connectivity index (χ1) is 9.00. The lowest BCUT2D eigenvalue weighted by Gasteiger charge is -2.18. The van der Waals surface area contributed by atoms with Crippen LogP contribution >= 0.6 is 0 Å². The van der Waals surface area contributed by atoms with E-state index in [2.05, 4.69) is 5.32 Å². The average molecular weight is 260 g/mol. The minimum Gasteiger partial charge on any atom is -0.368 e. The molecule has 3 atom stereocenters. The number of carbonyl (C=O) groups excluding carboxylic acids is 2. The Labute approximate surface area is 113 Å². The number of amides is 2. The van der Waals surface area contributed by atoms with Crippen molar-refractivity contribution < 1.29 is 9.59 Å². The van der Waals surface area contributed by atoms with Crippen LogP contribution < -0.4 is 11.1 Å². The van der Waals surface area contributed by atoms with Gasteiger partial charge in [-0.15, -0.1) is 0 Å². The lowest BCUT2D eigenvalue weighted by Crippen LogP contribution is -2.48. The van der Waals surface area contributed by atoms with E-state index in [1.165, 1.54) is 5.56 Å². The molecule has 4 heteroatoms. The van der Waals surface area contributed by atoms with E-state index in [9.17, 15) is 9.59 Å². The largest absolute Gasteiger partial charge is 0.368 e. The van der Waals surface area contributed by atoms with Crippen LogP contribution in [0.2, 0.25) is 0 Å². The van der Waals surface area contributed by atoms with Gasteiger partial charge in [0.15, 0.2) is 0 Å². The summed E-state index contributed by atoms with van der Waals surface area (Å²) in [5.41, 5.74) is 6.48. The fraction of sp³-hybridized carbons (Fsp3) is 0.467. The molecule has 2 rings (SSSR count). The van der Waals surface area contributed by atoms with Crippen molar-refractivity contribution in [1.82, 2.24) is 5.32 Å². The molecule has 1 saturated carbocycles. The van der Waals surface area contributed by atoms with E-state index in [0.717, 1.165) is 6.42 Å². The molecule has 102 valence electrons. The summed E-state index contributed by atoms with van der Waals surface area (Å²) in [5.74, 6) is -0.271. The molecule has 1 aromatic carbocycles. The Kier molecular flexibility index (Phi) is 3.88. The lowest BCUT2D eigenvalue weighted by atomic mass is 10.0. The predicted molar refractivity (Wildman–Crippen MR) is 73.3 cm³/mol. The Morgan fingerprint density at radius 2 is 1.89 bits per heavy atom. The summed E-state index contributed by atoms with van der Waals surface area (Å²) in [6.07, 6.45) is 0.847. The topological polar surface area (TPSA) is 72.2 Å². The summed E-state index contributed by atoms with van der Waals surface area (Å²) in [6, 6.07) is 9.40. The van der Waals surface area contributed by atoms with Gasteiger partial charge in [0.05, 0.1) is 0 Å². The molecule has 0 aliphatic heterocycles. The highest BCUT2D eigenvalue weighted by Crippen LogP contribution is 2.47. The van der Waals surface area contributed by atoms with Crippen molar-refractivity contribution in [2.45, 2.75) is 32.2 Å². The van der Waals surface area contributed by atoms with Crippen LogP contribution in [-0.2, 0) is 9.59 Å². The molecule has 3 N–H and O–H groups in total. The van der Waals surface area contributed by atoms with Gasteiger partial charge in [0.1, 0.15) is 6.04 Å². The Balaban J connectivity index is 1.94. The second kappa shape index (κ2) is 5.43. The lowest BCUT2D eigenvalue weighted by molar-refractivity contribution is -0.129. The molecule has 1 aromatic rings. The van der Waals surface area contributed by atoms with E-state index in [0.29, 0.717) is 0 Å². The molecule has 2 amide bonds. The summed E-state index contributed by atoms with van der Waals surface area (Å²) in [7, 11) is 0. The van der Waals surface area contributed by atoms with Crippen molar-refractivity contribution in [1.29, 1.82) is 0 Å². The third kappa shape index (κ3) is 3.13. The first-order valence-electron chi connectivity index (χ1n) is 6.65. The number of hydrogen-bond donors (Lipinski definition) is 2. The van der Waals surface area contributed by atoms with Crippen molar-refractivity contribution in [2.24, 2.45) is 17.6 Å². The van der Waals surface area contributed by atoms with E-state index >= 15 is 0 Å². The molecule has 0 bridgehead atoms. The van der Waals surface area contributed by atoms with Gasteiger partial charge < -0.3 is 11.1 Å². The standard InChI is InChI=1S/C15H20N2O2/c1-9(2)13(14(16)18)17-15(19)12-8-11(12)10-6-4-3-5-7-10/h3-7,9,11-13H,8H2,1-2H3,(H2,16,18)(H,17,19)/t11-,12?,13+/m1/s1. The van der Waals surface area contributed by atoms with Gasteiger partial charge >= 0.3 is 0 Å². The fourth-order valence-corrected chi connectivity index (χ4v) is 2.38. The molecular weight excluding hydrogens is 240 g/mol. The molecular formula is C15H20N2O2. The van der Waals surface area contributed by atoms with Crippen LogP contribution in [0.3, 0.4) is 0 Å².